The van der Waals surface area contributed by atoms with Crippen LogP contribution in [0.5, 0.6) is 0 Å². The predicted octanol–water partition coefficient (Wildman–Crippen LogP) is 1.44. The molecule has 0 bridgehead atoms. The highest BCUT2D eigenvalue weighted by Crippen LogP contribution is 2.23. The molecule has 7 heteroatoms. The van der Waals surface area contributed by atoms with Crippen molar-refractivity contribution in [2.75, 3.05) is 13.2 Å². The number of carbonyl (C=O) groups excluding carboxylic acids is 1. The predicted molar refractivity (Wildman–Crippen MR) is 87.8 cm³/mol. The highest BCUT2D eigenvalue weighted by atomic mass is 16.5. The van der Waals surface area contributed by atoms with Crippen molar-refractivity contribution in [1.29, 1.82) is 0 Å². The van der Waals surface area contributed by atoms with Crippen molar-refractivity contribution in [3.8, 4) is 0 Å². The van der Waals surface area contributed by atoms with Crippen LogP contribution < -0.4 is 10.9 Å². The molecule has 1 aliphatic heterocycles. The molecule has 1 atom stereocenters. The quantitative estimate of drug-likeness (QED) is 0.783. The zero-order valence-corrected chi connectivity index (χ0v) is 13.0. The molecule has 0 spiro atoms. The fourth-order valence-corrected chi connectivity index (χ4v) is 2.97. The van der Waals surface area contributed by atoms with Gasteiger partial charge in [0.1, 0.15) is 17.6 Å². The molecule has 1 aromatic carbocycles. The van der Waals surface area contributed by atoms with Gasteiger partial charge in [-0.25, -0.2) is 4.98 Å². The van der Waals surface area contributed by atoms with E-state index >= 15 is 0 Å². The highest BCUT2D eigenvalue weighted by molar-refractivity contribution is 6.01. The van der Waals surface area contributed by atoms with Gasteiger partial charge in [-0.05, 0) is 25.0 Å². The summed E-state index contributed by atoms with van der Waals surface area (Å²) in [5, 5.41) is 3.58. The standard InChI is InChI=1S/C17H17N3O4/c21-14(18-8-11-4-3-7-23-11)9-20-10-19-15-12-5-1-2-6-13(12)24-16(15)17(20)22/h1-2,5-6,10-11H,3-4,7-9H2,(H,18,21). The maximum absolute atomic E-state index is 12.5. The van der Waals surface area contributed by atoms with Crippen molar-refractivity contribution >= 4 is 28.0 Å². The number of nitrogens with zero attached hydrogens (tertiary/aromatic N) is 2. The molecule has 1 N–H and O–H groups in total. The summed E-state index contributed by atoms with van der Waals surface area (Å²) in [4.78, 5) is 28.8. The average Bonchev–Trinajstić information content (AvgIpc) is 3.23. The van der Waals surface area contributed by atoms with Gasteiger partial charge in [0, 0.05) is 18.5 Å². The molecule has 1 saturated heterocycles. The molecule has 2 aromatic heterocycles. The van der Waals surface area contributed by atoms with Crippen molar-refractivity contribution in [3.05, 3.63) is 40.9 Å². The van der Waals surface area contributed by atoms with Crippen LogP contribution in [0.25, 0.3) is 22.1 Å². The van der Waals surface area contributed by atoms with Crippen molar-refractivity contribution < 1.29 is 13.9 Å². The summed E-state index contributed by atoms with van der Waals surface area (Å²) in [5.41, 5.74) is 0.943. The minimum Gasteiger partial charge on any atom is -0.448 e. The van der Waals surface area contributed by atoms with Crippen LogP contribution in [0.15, 0.2) is 39.8 Å². The lowest BCUT2D eigenvalue weighted by molar-refractivity contribution is -0.122. The number of fused-ring (bicyclic) bond motifs is 3. The topological polar surface area (TPSA) is 86.4 Å². The average molecular weight is 327 g/mol. The smallest absolute Gasteiger partial charge is 0.297 e. The highest BCUT2D eigenvalue weighted by Gasteiger charge is 2.17. The number of para-hydroxylation sites is 1. The normalized spacial score (nSPS) is 17.6. The van der Waals surface area contributed by atoms with E-state index < -0.39 is 0 Å². The van der Waals surface area contributed by atoms with Crippen LogP contribution in [0.1, 0.15) is 12.8 Å². The number of rotatable bonds is 4. The largest absolute Gasteiger partial charge is 0.448 e. The Morgan fingerprint density at radius 2 is 2.25 bits per heavy atom. The second kappa shape index (κ2) is 6.09. The van der Waals surface area contributed by atoms with Crippen LogP contribution in [0.3, 0.4) is 0 Å². The second-order valence-electron chi connectivity index (χ2n) is 5.89. The third-order valence-corrected chi connectivity index (χ3v) is 4.22. The lowest BCUT2D eigenvalue weighted by atomic mass is 10.2. The number of furan rings is 1. The van der Waals surface area contributed by atoms with Gasteiger partial charge < -0.3 is 14.5 Å². The van der Waals surface area contributed by atoms with Crippen LogP contribution in [0.4, 0.5) is 0 Å². The Morgan fingerprint density at radius 1 is 1.38 bits per heavy atom. The maximum Gasteiger partial charge on any atom is 0.297 e. The van der Waals surface area contributed by atoms with E-state index in [4.69, 9.17) is 9.15 Å². The Hall–Kier alpha value is -2.67. The monoisotopic (exact) mass is 327 g/mol. The summed E-state index contributed by atoms with van der Waals surface area (Å²) in [7, 11) is 0. The first kappa shape index (κ1) is 14.9. The Kier molecular flexibility index (Phi) is 3.78. The summed E-state index contributed by atoms with van der Waals surface area (Å²) >= 11 is 0. The van der Waals surface area contributed by atoms with Crippen LogP contribution in [-0.4, -0.2) is 34.7 Å². The Labute approximate surface area is 137 Å². The van der Waals surface area contributed by atoms with Crippen molar-refractivity contribution in [2.24, 2.45) is 0 Å². The molecule has 0 radical (unpaired) electrons. The lowest BCUT2D eigenvalue weighted by Gasteiger charge is -2.11. The van der Waals surface area contributed by atoms with E-state index in [1.54, 1.807) is 6.07 Å². The number of ether oxygens (including phenoxy) is 1. The van der Waals surface area contributed by atoms with Crippen molar-refractivity contribution in [3.63, 3.8) is 0 Å². The van der Waals surface area contributed by atoms with Gasteiger partial charge in [0.15, 0.2) is 0 Å². The van der Waals surface area contributed by atoms with E-state index in [1.807, 2.05) is 18.2 Å². The van der Waals surface area contributed by atoms with E-state index in [2.05, 4.69) is 10.3 Å². The summed E-state index contributed by atoms with van der Waals surface area (Å²) in [6, 6.07) is 7.34. The number of hydrogen-bond donors (Lipinski definition) is 1. The summed E-state index contributed by atoms with van der Waals surface area (Å²) in [6.45, 7) is 1.12. The third kappa shape index (κ3) is 2.67. The van der Waals surface area contributed by atoms with Crippen LogP contribution >= 0.6 is 0 Å². The molecule has 1 unspecified atom stereocenters. The molecule has 4 rings (SSSR count). The van der Waals surface area contributed by atoms with Gasteiger partial charge in [0.25, 0.3) is 5.56 Å². The molecule has 7 nitrogen and oxygen atoms in total. The van der Waals surface area contributed by atoms with Crippen LogP contribution in [-0.2, 0) is 16.1 Å². The molecule has 0 aliphatic carbocycles. The van der Waals surface area contributed by atoms with Crippen LogP contribution in [0.2, 0.25) is 0 Å². The van der Waals surface area contributed by atoms with Gasteiger partial charge in [0.05, 0.1) is 12.4 Å². The number of nitrogens with one attached hydrogen (secondary N) is 1. The summed E-state index contributed by atoms with van der Waals surface area (Å²) in [6.07, 6.45) is 3.43. The molecule has 24 heavy (non-hydrogen) atoms. The minimum absolute atomic E-state index is 0.0710. The number of amides is 1. The van der Waals surface area contributed by atoms with Gasteiger partial charge in [0.2, 0.25) is 11.5 Å². The third-order valence-electron chi connectivity index (χ3n) is 4.22. The lowest BCUT2D eigenvalue weighted by Crippen LogP contribution is -2.36. The van der Waals surface area contributed by atoms with E-state index in [-0.39, 0.29) is 29.7 Å². The van der Waals surface area contributed by atoms with E-state index in [1.165, 1.54) is 10.9 Å². The molecule has 1 amide bonds. The molecule has 124 valence electrons. The SMILES string of the molecule is O=C(Cn1cnc2c(oc3ccccc32)c1=O)NCC1CCCO1. The number of carbonyl (C=O) groups is 1. The van der Waals surface area contributed by atoms with Gasteiger partial charge in [-0.15, -0.1) is 0 Å². The second-order valence-corrected chi connectivity index (χ2v) is 5.89. The van der Waals surface area contributed by atoms with E-state index in [0.717, 1.165) is 24.8 Å². The Morgan fingerprint density at radius 3 is 3.08 bits per heavy atom. The van der Waals surface area contributed by atoms with E-state index in [0.29, 0.717) is 17.6 Å². The Balaban J connectivity index is 1.55. The maximum atomic E-state index is 12.5. The molecule has 1 aliphatic rings. The summed E-state index contributed by atoms with van der Waals surface area (Å²) < 4.78 is 12.3. The number of hydrogen-bond acceptors (Lipinski definition) is 5. The first-order valence-electron chi connectivity index (χ1n) is 7.97. The zero-order valence-electron chi connectivity index (χ0n) is 13.0. The molecular weight excluding hydrogens is 310 g/mol. The number of benzene rings is 1. The van der Waals surface area contributed by atoms with Gasteiger partial charge in [-0.1, -0.05) is 12.1 Å². The first-order valence-corrected chi connectivity index (χ1v) is 7.97. The van der Waals surface area contributed by atoms with Gasteiger partial charge in [-0.3, -0.25) is 14.2 Å². The molecule has 1 fully saturated rings. The fraction of sp³-hybridized carbons (Fsp3) is 0.353. The van der Waals surface area contributed by atoms with E-state index in [9.17, 15) is 9.59 Å². The molecule has 3 aromatic rings. The number of aromatic nitrogens is 2. The Bertz CT molecular complexity index is 953. The fourth-order valence-electron chi connectivity index (χ4n) is 2.97. The van der Waals surface area contributed by atoms with Crippen LogP contribution in [0, 0.1) is 0 Å². The van der Waals surface area contributed by atoms with Gasteiger partial charge >= 0.3 is 0 Å². The van der Waals surface area contributed by atoms with Gasteiger partial charge in [-0.2, -0.15) is 0 Å². The first-order chi connectivity index (χ1) is 11.7. The van der Waals surface area contributed by atoms with Crippen molar-refractivity contribution in [2.45, 2.75) is 25.5 Å². The summed E-state index contributed by atoms with van der Waals surface area (Å²) in [5.74, 6) is -0.245. The zero-order chi connectivity index (χ0) is 16.5. The van der Waals surface area contributed by atoms with Crippen molar-refractivity contribution in [1.82, 2.24) is 14.9 Å². The minimum atomic E-state index is -0.358. The molecule has 0 saturated carbocycles. The molecular formula is C17H17N3O4. The molecule has 3 heterocycles.